The van der Waals surface area contributed by atoms with Gasteiger partial charge in [-0.2, -0.15) is 0 Å². The van der Waals surface area contributed by atoms with E-state index in [2.05, 4.69) is 24.9 Å². The Morgan fingerprint density at radius 2 is 2.05 bits per heavy atom. The van der Waals surface area contributed by atoms with Crippen molar-refractivity contribution in [3.8, 4) is 11.5 Å². The maximum absolute atomic E-state index is 5.93. The Bertz CT molecular complexity index is 464. The molecule has 0 radical (unpaired) electrons. The second-order valence-electron chi connectivity index (χ2n) is 5.94. The lowest BCUT2D eigenvalue weighted by atomic mass is 9.98. The van der Waals surface area contributed by atoms with Crippen LogP contribution in [0.5, 0.6) is 11.5 Å². The number of nitrogens with zero attached hydrogens (tertiary/aromatic N) is 1. The summed E-state index contributed by atoms with van der Waals surface area (Å²) in [4.78, 5) is 2.45. The van der Waals surface area contributed by atoms with Crippen molar-refractivity contribution in [3.05, 3.63) is 23.8 Å². The van der Waals surface area contributed by atoms with Crippen LogP contribution in [0.4, 0.5) is 0 Å². The number of hydrogen-bond donors (Lipinski definition) is 1. The first-order valence-corrected chi connectivity index (χ1v) is 7.76. The predicted octanol–water partition coefficient (Wildman–Crippen LogP) is 2.82. The standard InChI is InChI=1S/C17H28N2O2/c1-12(19(2)16-7-5-6-13(16)11-18)15-9-8-14(20-3)10-17(15)21-4/h8-10,12-13,16H,5-7,11,18H2,1-4H3. The summed E-state index contributed by atoms with van der Waals surface area (Å²) in [6.45, 7) is 3.01. The molecular formula is C17H28N2O2. The first-order chi connectivity index (χ1) is 10.1. The molecular weight excluding hydrogens is 264 g/mol. The van der Waals surface area contributed by atoms with Gasteiger partial charge in [0.1, 0.15) is 11.5 Å². The average Bonchev–Trinajstić information content (AvgIpc) is 3.01. The average molecular weight is 292 g/mol. The number of benzene rings is 1. The van der Waals surface area contributed by atoms with Crippen molar-refractivity contribution in [1.82, 2.24) is 4.90 Å². The Labute approximate surface area is 128 Å². The van der Waals surface area contributed by atoms with E-state index < -0.39 is 0 Å². The Hall–Kier alpha value is -1.26. The molecule has 3 atom stereocenters. The smallest absolute Gasteiger partial charge is 0.127 e. The third-order valence-electron chi connectivity index (χ3n) is 4.95. The topological polar surface area (TPSA) is 47.7 Å². The van der Waals surface area contributed by atoms with Gasteiger partial charge in [0.15, 0.2) is 0 Å². The van der Waals surface area contributed by atoms with Gasteiger partial charge in [0.25, 0.3) is 0 Å². The molecule has 2 rings (SSSR count). The van der Waals surface area contributed by atoms with Crippen LogP contribution in [0.2, 0.25) is 0 Å². The second-order valence-corrected chi connectivity index (χ2v) is 5.94. The molecule has 118 valence electrons. The van der Waals surface area contributed by atoms with Gasteiger partial charge in [-0.05, 0) is 45.3 Å². The van der Waals surface area contributed by atoms with Crippen LogP contribution in [0, 0.1) is 5.92 Å². The SMILES string of the molecule is COc1ccc(C(C)N(C)C2CCCC2CN)c(OC)c1. The molecule has 0 heterocycles. The monoisotopic (exact) mass is 292 g/mol. The van der Waals surface area contributed by atoms with Gasteiger partial charge in [0.2, 0.25) is 0 Å². The van der Waals surface area contributed by atoms with E-state index in [0.29, 0.717) is 18.0 Å². The minimum Gasteiger partial charge on any atom is -0.497 e. The molecule has 1 aliphatic carbocycles. The van der Waals surface area contributed by atoms with E-state index in [9.17, 15) is 0 Å². The quantitative estimate of drug-likeness (QED) is 0.876. The van der Waals surface area contributed by atoms with Gasteiger partial charge in [-0.3, -0.25) is 4.90 Å². The van der Waals surface area contributed by atoms with E-state index in [1.807, 2.05) is 12.1 Å². The molecule has 4 nitrogen and oxygen atoms in total. The zero-order valence-electron chi connectivity index (χ0n) is 13.6. The molecule has 0 saturated heterocycles. The van der Waals surface area contributed by atoms with Crippen molar-refractivity contribution >= 4 is 0 Å². The fourth-order valence-electron chi connectivity index (χ4n) is 3.50. The lowest BCUT2D eigenvalue weighted by Crippen LogP contribution is -2.39. The summed E-state index contributed by atoms with van der Waals surface area (Å²) < 4.78 is 10.8. The highest BCUT2D eigenvalue weighted by molar-refractivity contribution is 5.42. The first kappa shape index (κ1) is 16.1. The van der Waals surface area contributed by atoms with Crippen molar-refractivity contribution in [2.45, 2.75) is 38.3 Å². The summed E-state index contributed by atoms with van der Waals surface area (Å²) in [6, 6.07) is 6.91. The molecule has 0 aromatic heterocycles. The Morgan fingerprint density at radius 1 is 1.29 bits per heavy atom. The van der Waals surface area contributed by atoms with Crippen molar-refractivity contribution in [2.24, 2.45) is 11.7 Å². The Morgan fingerprint density at radius 3 is 2.67 bits per heavy atom. The molecule has 0 amide bonds. The van der Waals surface area contributed by atoms with E-state index in [0.717, 1.165) is 18.0 Å². The van der Waals surface area contributed by atoms with Gasteiger partial charge < -0.3 is 15.2 Å². The van der Waals surface area contributed by atoms with Crippen molar-refractivity contribution in [3.63, 3.8) is 0 Å². The van der Waals surface area contributed by atoms with Crippen LogP contribution in [0.1, 0.15) is 37.8 Å². The van der Waals surface area contributed by atoms with Crippen molar-refractivity contribution in [1.29, 1.82) is 0 Å². The zero-order valence-corrected chi connectivity index (χ0v) is 13.6. The summed E-state index contributed by atoms with van der Waals surface area (Å²) in [5, 5.41) is 0. The van der Waals surface area contributed by atoms with Gasteiger partial charge in [0.05, 0.1) is 14.2 Å². The highest BCUT2D eigenvalue weighted by Gasteiger charge is 2.32. The summed E-state index contributed by atoms with van der Waals surface area (Å²) in [6.07, 6.45) is 3.77. The highest BCUT2D eigenvalue weighted by Crippen LogP contribution is 2.37. The molecule has 1 fully saturated rings. The molecule has 4 heteroatoms. The molecule has 3 unspecified atom stereocenters. The van der Waals surface area contributed by atoms with Crippen LogP contribution in [-0.4, -0.2) is 38.8 Å². The molecule has 1 aliphatic rings. The lowest BCUT2D eigenvalue weighted by Gasteiger charge is -2.35. The molecule has 1 aromatic rings. The third kappa shape index (κ3) is 3.33. The Balaban J connectivity index is 2.20. The fourth-order valence-corrected chi connectivity index (χ4v) is 3.50. The molecule has 21 heavy (non-hydrogen) atoms. The molecule has 0 spiro atoms. The summed E-state index contributed by atoms with van der Waals surface area (Å²) in [5.41, 5.74) is 7.12. The molecule has 1 saturated carbocycles. The van der Waals surface area contributed by atoms with Gasteiger partial charge in [-0.15, -0.1) is 0 Å². The van der Waals surface area contributed by atoms with Gasteiger partial charge in [-0.25, -0.2) is 0 Å². The van der Waals surface area contributed by atoms with Crippen LogP contribution in [0.3, 0.4) is 0 Å². The van der Waals surface area contributed by atoms with E-state index in [-0.39, 0.29) is 0 Å². The minimum atomic E-state index is 0.294. The summed E-state index contributed by atoms with van der Waals surface area (Å²) >= 11 is 0. The molecule has 1 aromatic carbocycles. The third-order valence-corrected chi connectivity index (χ3v) is 4.95. The number of methoxy groups -OCH3 is 2. The second kappa shape index (κ2) is 7.14. The van der Waals surface area contributed by atoms with Crippen molar-refractivity contribution < 1.29 is 9.47 Å². The summed E-state index contributed by atoms with van der Waals surface area (Å²) in [5.74, 6) is 2.32. The maximum atomic E-state index is 5.93. The fraction of sp³-hybridized carbons (Fsp3) is 0.647. The highest BCUT2D eigenvalue weighted by atomic mass is 16.5. The van der Waals surface area contributed by atoms with Crippen LogP contribution >= 0.6 is 0 Å². The Kier molecular flexibility index (Phi) is 5.48. The van der Waals surface area contributed by atoms with Crippen LogP contribution in [-0.2, 0) is 0 Å². The number of nitrogens with two attached hydrogens (primary N) is 1. The largest absolute Gasteiger partial charge is 0.497 e. The van der Waals surface area contributed by atoms with E-state index >= 15 is 0 Å². The lowest BCUT2D eigenvalue weighted by molar-refractivity contribution is 0.150. The van der Waals surface area contributed by atoms with Gasteiger partial charge in [-0.1, -0.05) is 12.5 Å². The number of rotatable bonds is 6. The normalized spacial score (nSPS) is 23.3. The first-order valence-electron chi connectivity index (χ1n) is 7.76. The maximum Gasteiger partial charge on any atom is 0.127 e. The van der Waals surface area contributed by atoms with Crippen LogP contribution in [0.15, 0.2) is 18.2 Å². The van der Waals surface area contributed by atoms with Crippen LogP contribution in [0.25, 0.3) is 0 Å². The summed E-state index contributed by atoms with van der Waals surface area (Å²) in [7, 11) is 5.59. The molecule has 0 bridgehead atoms. The van der Waals surface area contributed by atoms with Gasteiger partial charge in [0, 0.05) is 23.7 Å². The zero-order chi connectivity index (χ0) is 15.4. The molecule has 2 N–H and O–H groups in total. The van der Waals surface area contributed by atoms with Gasteiger partial charge >= 0.3 is 0 Å². The van der Waals surface area contributed by atoms with E-state index in [1.165, 1.54) is 24.8 Å². The number of hydrogen-bond acceptors (Lipinski definition) is 4. The number of ether oxygens (including phenoxy) is 2. The predicted molar refractivity (Wildman–Crippen MR) is 85.9 cm³/mol. The van der Waals surface area contributed by atoms with E-state index in [4.69, 9.17) is 15.2 Å². The van der Waals surface area contributed by atoms with Crippen molar-refractivity contribution in [2.75, 3.05) is 27.8 Å². The minimum absolute atomic E-state index is 0.294. The van der Waals surface area contributed by atoms with Crippen LogP contribution < -0.4 is 15.2 Å². The molecule has 0 aliphatic heterocycles. The van der Waals surface area contributed by atoms with E-state index in [1.54, 1.807) is 14.2 Å².